The molecular formula is C19H17ClFN3O3. The number of aromatic nitrogens is 1. The maximum atomic E-state index is 13.5. The molecule has 4 amide bonds. The Balaban J connectivity index is 2.10. The van der Waals surface area contributed by atoms with Crippen molar-refractivity contribution in [2.45, 2.75) is 13.8 Å². The van der Waals surface area contributed by atoms with E-state index in [4.69, 9.17) is 11.6 Å². The zero-order valence-corrected chi connectivity index (χ0v) is 16.0. The molecule has 1 fully saturated rings. The summed E-state index contributed by atoms with van der Waals surface area (Å²) in [4.78, 5) is 38.4. The van der Waals surface area contributed by atoms with E-state index >= 15 is 0 Å². The highest BCUT2D eigenvalue weighted by molar-refractivity contribution is 6.31. The number of hydrogen-bond donors (Lipinski definition) is 0. The molecule has 2 aromatic rings. The summed E-state index contributed by atoms with van der Waals surface area (Å²) in [6, 6.07) is 5.50. The number of halogens is 2. The zero-order valence-electron chi connectivity index (χ0n) is 15.2. The Hall–Kier alpha value is -2.93. The van der Waals surface area contributed by atoms with Crippen molar-refractivity contribution in [2.24, 2.45) is 0 Å². The van der Waals surface area contributed by atoms with Crippen LogP contribution >= 0.6 is 11.6 Å². The minimum absolute atomic E-state index is 0.000646. The van der Waals surface area contributed by atoms with Gasteiger partial charge in [0.15, 0.2) is 0 Å². The summed E-state index contributed by atoms with van der Waals surface area (Å²) in [6.07, 6.45) is 1.47. The van der Waals surface area contributed by atoms with E-state index in [9.17, 15) is 18.8 Å². The number of aryl methyl sites for hydroxylation is 1. The van der Waals surface area contributed by atoms with Crippen LogP contribution in [0.3, 0.4) is 0 Å². The highest BCUT2D eigenvalue weighted by Gasteiger charge is 2.38. The number of urea groups is 1. The second kappa shape index (κ2) is 6.66. The summed E-state index contributed by atoms with van der Waals surface area (Å²) in [7, 11) is 2.65. The van der Waals surface area contributed by atoms with Crippen molar-refractivity contribution >= 4 is 35.5 Å². The van der Waals surface area contributed by atoms with Crippen molar-refractivity contribution in [1.29, 1.82) is 0 Å². The lowest BCUT2D eigenvalue weighted by atomic mass is 10.1. The quantitative estimate of drug-likeness (QED) is 0.584. The molecule has 140 valence electrons. The monoisotopic (exact) mass is 389 g/mol. The minimum atomic E-state index is -0.673. The molecule has 0 unspecified atom stereocenters. The number of benzene rings is 1. The maximum Gasteiger partial charge on any atom is 0.333 e. The molecule has 0 saturated carbocycles. The summed E-state index contributed by atoms with van der Waals surface area (Å²) in [5.41, 5.74) is 2.76. The third-order valence-electron chi connectivity index (χ3n) is 4.58. The zero-order chi connectivity index (χ0) is 20.0. The Morgan fingerprint density at radius 3 is 2.15 bits per heavy atom. The normalized spacial score (nSPS) is 15.0. The summed E-state index contributed by atoms with van der Waals surface area (Å²) in [6.45, 7) is 3.66. The van der Waals surface area contributed by atoms with Crippen LogP contribution in [0.2, 0.25) is 5.02 Å². The highest BCUT2D eigenvalue weighted by atomic mass is 35.5. The molecule has 0 aliphatic carbocycles. The molecule has 27 heavy (non-hydrogen) atoms. The Labute approximate surface area is 160 Å². The van der Waals surface area contributed by atoms with Gasteiger partial charge in [0.1, 0.15) is 11.4 Å². The fourth-order valence-corrected chi connectivity index (χ4v) is 3.26. The van der Waals surface area contributed by atoms with E-state index in [0.717, 1.165) is 21.2 Å². The molecule has 0 spiro atoms. The number of imide groups is 2. The van der Waals surface area contributed by atoms with Gasteiger partial charge in [0.2, 0.25) is 0 Å². The van der Waals surface area contributed by atoms with Gasteiger partial charge in [-0.1, -0.05) is 11.6 Å². The van der Waals surface area contributed by atoms with Gasteiger partial charge < -0.3 is 4.57 Å². The number of carbonyl (C=O) groups excluding carboxylic acids is 3. The van der Waals surface area contributed by atoms with Crippen LogP contribution in [0.4, 0.5) is 9.18 Å². The summed E-state index contributed by atoms with van der Waals surface area (Å²) in [5, 5.41) is -0.000646. The van der Waals surface area contributed by atoms with Gasteiger partial charge in [-0.2, -0.15) is 0 Å². The van der Waals surface area contributed by atoms with Crippen LogP contribution in [0.5, 0.6) is 0 Å². The molecule has 1 aromatic heterocycles. The third kappa shape index (κ3) is 3.04. The SMILES string of the molecule is Cc1cc(C=C2C(=O)N(C)C(=O)N(C)C2=O)c(C)n1-c1ccc(F)c(Cl)c1. The Bertz CT molecular complexity index is 999. The molecule has 1 aromatic carbocycles. The van der Waals surface area contributed by atoms with E-state index in [0.29, 0.717) is 11.3 Å². The number of carbonyl (C=O) groups is 3. The van der Waals surface area contributed by atoms with Crippen molar-refractivity contribution in [3.05, 3.63) is 57.6 Å². The van der Waals surface area contributed by atoms with Crippen molar-refractivity contribution in [1.82, 2.24) is 14.4 Å². The molecule has 8 heteroatoms. The fraction of sp³-hybridized carbons (Fsp3) is 0.211. The van der Waals surface area contributed by atoms with E-state index < -0.39 is 23.7 Å². The molecule has 6 nitrogen and oxygen atoms in total. The molecule has 1 aliphatic rings. The number of likely N-dealkylation sites (N-methyl/N-ethyl adjacent to an activating group) is 2. The van der Waals surface area contributed by atoms with E-state index in [2.05, 4.69) is 0 Å². The Morgan fingerprint density at radius 2 is 1.59 bits per heavy atom. The molecule has 1 saturated heterocycles. The van der Waals surface area contributed by atoms with E-state index in [-0.39, 0.29) is 10.6 Å². The van der Waals surface area contributed by atoms with Gasteiger partial charge in [-0.15, -0.1) is 0 Å². The average Bonchev–Trinajstić information content (AvgIpc) is 2.91. The molecule has 2 heterocycles. The third-order valence-corrected chi connectivity index (χ3v) is 4.87. The van der Waals surface area contributed by atoms with Crippen LogP contribution in [0.25, 0.3) is 11.8 Å². The Kier molecular flexibility index (Phi) is 4.65. The van der Waals surface area contributed by atoms with Crippen LogP contribution in [-0.4, -0.2) is 46.3 Å². The first-order chi connectivity index (χ1) is 12.6. The molecule has 0 radical (unpaired) electrons. The average molecular weight is 390 g/mol. The molecular weight excluding hydrogens is 373 g/mol. The lowest BCUT2D eigenvalue weighted by molar-refractivity contribution is -0.134. The molecule has 0 N–H and O–H groups in total. The number of rotatable bonds is 2. The first kappa shape index (κ1) is 18.8. The van der Waals surface area contributed by atoms with Crippen molar-refractivity contribution < 1.29 is 18.8 Å². The van der Waals surface area contributed by atoms with Gasteiger partial charge in [0.25, 0.3) is 11.8 Å². The lowest BCUT2D eigenvalue weighted by Crippen LogP contribution is -2.52. The Morgan fingerprint density at radius 1 is 1.00 bits per heavy atom. The van der Waals surface area contributed by atoms with Crippen molar-refractivity contribution in [3.63, 3.8) is 0 Å². The van der Waals surface area contributed by atoms with Crippen molar-refractivity contribution in [2.75, 3.05) is 14.1 Å². The van der Waals surface area contributed by atoms with Crippen LogP contribution in [0.15, 0.2) is 29.8 Å². The maximum absolute atomic E-state index is 13.5. The number of hydrogen-bond acceptors (Lipinski definition) is 3. The molecule has 1 aliphatic heterocycles. The molecule has 0 bridgehead atoms. The van der Waals surface area contributed by atoms with Gasteiger partial charge >= 0.3 is 6.03 Å². The second-order valence-corrected chi connectivity index (χ2v) is 6.74. The summed E-state index contributed by atoms with van der Waals surface area (Å²) < 4.78 is 15.3. The number of amides is 4. The first-order valence-electron chi connectivity index (χ1n) is 8.09. The van der Waals surface area contributed by atoms with E-state index in [1.165, 1.54) is 32.3 Å². The van der Waals surface area contributed by atoms with Crippen LogP contribution in [0, 0.1) is 19.7 Å². The number of nitrogens with zero attached hydrogens (tertiary/aromatic N) is 3. The van der Waals surface area contributed by atoms with Crippen LogP contribution in [0.1, 0.15) is 17.0 Å². The topological polar surface area (TPSA) is 62.6 Å². The standard InChI is InChI=1S/C19H17ClFN3O3/c1-10-7-12(8-14-17(25)22(3)19(27)23(4)18(14)26)11(2)24(10)13-5-6-16(21)15(20)9-13/h5-9H,1-4H3. The summed E-state index contributed by atoms with van der Waals surface area (Å²) in [5.74, 6) is -1.82. The predicted octanol–water partition coefficient (Wildman–Crippen LogP) is 3.32. The minimum Gasteiger partial charge on any atom is -0.318 e. The number of barbiturate groups is 1. The molecule has 0 atom stereocenters. The largest absolute Gasteiger partial charge is 0.333 e. The summed E-state index contributed by atoms with van der Waals surface area (Å²) >= 11 is 5.88. The predicted molar refractivity (Wildman–Crippen MR) is 99.1 cm³/mol. The van der Waals surface area contributed by atoms with Gasteiger partial charge in [0, 0.05) is 31.2 Å². The highest BCUT2D eigenvalue weighted by Crippen LogP contribution is 2.27. The lowest BCUT2D eigenvalue weighted by Gasteiger charge is -2.28. The van der Waals surface area contributed by atoms with Gasteiger partial charge in [-0.3, -0.25) is 19.4 Å². The van der Waals surface area contributed by atoms with E-state index in [1.54, 1.807) is 12.1 Å². The second-order valence-electron chi connectivity index (χ2n) is 6.33. The fourth-order valence-electron chi connectivity index (χ4n) is 3.09. The smallest absolute Gasteiger partial charge is 0.318 e. The van der Waals surface area contributed by atoms with Crippen LogP contribution < -0.4 is 0 Å². The van der Waals surface area contributed by atoms with E-state index in [1.807, 2.05) is 18.4 Å². The van der Waals surface area contributed by atoms with Gasteiger partial charge in [-0.25, -0.2) is 9.18 Å². The molecule has 3 rings (SSSR count). The first-order valence-corrected chi connectivity index (χ1v) is 8.47. The van der Waals surface area contributed by atoms with Gasteiger partial charge in [-0.05, 0) is 49.8 Å². The van der Waals surface area contributed by atoms with Crippen molar-refractivity contribution in [3.8, 4) is 5.69 Å². The van der Waals surface area contributed by atoms with Crippen LogP contribution in [-0.2, 0) is 9.59 Å². The van der Waals surface area contributed by atoms with Gasteiger partial charge in [0.05, 0.1) is 5.02 Å².